The van der Waals surface area contributed by atoms with E-state index in [0.717, 1.165) is 11.3 Å². The number of hydrogen-bond acceptors (Lipinski definition) is 5. The molecule has 7 heteroatoms. The average Bonchev–Trinajstić information content (AvgIpc) is 3.11. The Morgan fingerprint density at radius 1 is 1.24 bits per heavy atom. The molecule has 0 bridgehead atoms. The van der Waals surface area contributed by atoms with Crippen LogP contribution in [0.3, 0.4) is 0 Å². The van der Waals surface area contributed by atoms with Gasteiger partial charge in [0.05, 0.1) is 6.54 Å². The number of hydrogen-bond donors (Lipinski definition) is 2. The first-order chi connectivity index (χ1) is 10.1. The molecule has 0 saturated heterocycles. The summed E-state index contributed by atoms with van der Waals surface area (Å²) in [7, 11) is -3.68. The third-order valence-corrected chi connectivity index (χ3v) is 4.61. The molecule has 2 heterocycles. The van der Waals surface area contributed by atoms with Crippen LogP contribution in [-0.2, 0) is 23.0 Å². The zero-order valence-corrected chi connectivity index (χ0v) is 12.1. The molecule has 0 fully saturated rings. The number of nitrogens with two attached hydrogens (primary N) is 1. The van der Waals surface area contributed by atoms with Gasteiger partial charge in [-0.2, -0.15) is 0 Å². The number of sulfonamides is 1. The van der Waals surface area contributed by atoms with Gasteiger partial charge in [0, 0.05) is 13.0 Å². The average molecular weight is 308 g/mol. The molecule has 3 rings (SSSR count). The Labute approximate surface area is 123 Å². The van der Waals surface area contributed by atoms with E-state index in [1.807, 2.05) is 24.3 Å². The minimum atomic E-state index is -3.68. The highest BCUT2D eigenvalue weighted by Gasteiger charge is 2.25. The summed E-state index contributed by atoms with van der Waals surface area (Å²) in [6, 6.07) is 10.6. The van der Waals surface area contributed by atoms with Crippen LogP contribution in [0.5, 0.6) is 5.75 Å². The molecule has 112 valence electrons. The van der Waals surface area contributed by atoms with Gasteiger partial charge >= 0.3 is 0 Å². The summed E-state index contributed by atoms with van der Waals surface area (Å²) >= 11 is 0. The maximum atomic E-state index is 12.1. The summed E-state index contributed by atoms with van der Waals surface area (Å²) in [5, 5.41) is -0.126. The molecule has 1 aliphatic heterocycles. The summed E-state index contributed by atoms with van der Waals surface area (Å²) in [5.41, 5.74) is 6.49. The third kappa shape index (κ3) is 2.94. The summed E-state index contributed by atoms with van der Waals surface area (Å²) in [5.74, 6) is 1.24. The van der Waals surface area contributed by atoms with E-state index in [1.165, 1.54) is 6.07 Å². The van der Waals surface area contributed by atoms with Crippen LogP contribution in [0.25, 0.3) is 0 Å². The summed E-state index contributed by atoms with van der Waals surface area (Å²) in [6.07, 6.45) is 0.478. The van der Waals surface area contributed by atoms with Crippen molar-refractivity contribution in [2.24, 2.45) is 5.73 Å². The third-order valence-electron chi connectivity index (χ3n) is 3.32. The molecule has 0 saturated carbocycles. The molecule has 1 atom stereocenters. The second-order valence-corrected chi connectivity index (χ2v) is 6.53. The molecule has 3 N–H and O–H groups in total. The number of benzene rings is 1. The van der Waals surface area contributed by atoms with Crippen LogP contribution in [0.4, 0.5) is 0 Å². The van der Waals surface area contributed by atoms with E-state index in [4.69, 9.17) is 14.9 Å². The van der Waals surface area contributed by atoms with Gasteiger partial charge in [0.2, 0.25) is 5.09 Å². The minimum Gasteiger partial charge on any atom is -0.488 e. The predicted molar refractivity (Wildman–Crippen MR) is 76.3 cm³/mol. The van der Waals surface area contributed by atoms with Crippen molar-refractivity contribution >= 4 is 10.0 Å². The van der Waals surface area contributed by atoms with Gasteiger partial charge in [-0.1, -0.05) is 18.2 Å². The van der Waals surface area contributed by atoms with E-state index in [9.17, 15) is 8.42 Å². The van der Waals surface area contributed by atoms with Crippen LogP contribution in [0.2, 0.25) is 0 Å². The van der Waals surface area contributed by atoms with E-state index in [0.29, 0.717) is 12.2 Å². The molecule has 0 radical (unpaired) electrons. The van der Waals surface area contributed by atoms with E-state index in [1.54, 1.807) is 6.07 Å². The first-order valence-electron chi connectivity index (χ1n) is 6.61. The van der Waals surface area contributed by atoms with E-state index in [-0.39, 0.29) is 24.3 Å². The number of furan rings is 1. The summed E-state index contributed by atoms with van der Waals surface area (Å²) in [4.78, 5) is 0. The number of nitrogens with one attached hydrogen (secondary N) is 1. The quantitative estimate of drug-likeness (QED) is 0.860. The molecular formula is C14H16N2O4S. The van der Waals surface area contributed by atoms with E-state index < -0.39 is 10.0 Å². The van der Waals surface area contributed by atoms with E-state index >= 15 is 0 Å². The number of fused-ring (bicyclic) bond motifs is 1. The van der Waals surface area contributed by atoms with Gasteiger partial charge in [-0.3, -0.25) is 0 Å². The van der Waals surface area contributed by atoms with Gasteiger partial charge in [0.1, 0.15) is 17.6 Å². The highest BCUT2D eigenvalue weighted by atomic mass is 32.2. The van der Waals surface area contributed by atoms with Crippen LogP contribution in [0.1, 0.15) is 11.3 Å². The van der Waals surface area contributed by atoms with Gasteiger partial charge in [0.25, 0.3) is 10.0 Å². The van der Waals surface area contributed by atoms with Crippen molar-refractivity contribution in [2.45, 2.75) is 24.2 Å². The lowest BCUT2D eigenvalue weighted by Gasteiger charge is -2.11. The van der Waals surface area contributed by atoms with Crippen LogP contribution >= 0.6 is 0 Å². The smallest absolute Gasteiger partial charge is 0.274 e. The van der Waals surface area contributed by atoms with Crippen LogP contribution < -0.4 is 15.2 Å². The second-order valence-electron chi connectivity index (χ2n) is 4.83. The van der Waals surface area contributed by atoms with Crippen molar-refractivity contribution in [2.75, 3.05) is 6.54 Å². The van der Waals surface area contributed by atoms with Crippen LogP contribution in [0, 0.1) is 0 Å². The molecule has 1 aromatic heterocycles. The van der Waals surface area contributed by atoms with Crippen molar-refractivity contribution in [1.29, 1.82) is 0 Å². The zero-order valence-electron chi connectivity index (χ0n) is 11.3. The molecule has 1 aliphatic rings. The van der Waals surface area contributed by atoms with Gasteiger partial charge in [-0.15, -0.1) is 0 Å². The maximum Gasteiger partial charge on any atom is 0.274 e. The summed E-state index contributed by atoms with van der Waals surface area (Å²) in [6.45, 7) is 0.353. The monoisotopic (exact) mass is 308 g/mol. The fraction of sp³-hybridized carbons (Fsp3) is 0.286. The second kappa shape index (κ2) is 5.51. The predicted octanol–water partition coefficient (Wildman–Crippen LogP) is 1.02. The summed E-state index contributed by atoms with van der Waals surface area (Å²) < 4.78 is 37.5. The standard InChI is InChI=1S/C14H16N2O4S/c15-8-11-5-6-14(20-11)21(17,18)16-9-12-7-10-3-1-2-4-13(10)19-12/h1-6,12,16H,7-9,15H2. The fourth-order valence-corrected chi connectivity index (χ4v) is 3.27. The zero-order chi connectivity index (χ0) is 14.9. The Bertz CT molecular complexity index is 714. The normalized spacial score (nSPS) is 17.5. The number of rotatable bonds is 5. The number of ether oxygens (including phenoxy) is 1. The van der Waals surface area contributed by atoms with Crippen molar-refractivity contribution in [3.8, 4) is 5.75 Å². The van der Waals surface area contributed by atoms with E-state index in [2.05, 4.69) is 4.72 Å². The molecule has 0 aliphatic carbocycles. The SMILES string of the molecule is NCc1ccc(S(=O)(=O)NCC2Cc3ccccc3O2)o1. The molecule has 1 aromatic carbocycles. The van der Waals surface area contributed by atoms with Crippen molar-refractivity contribution < 1.29 is 17.6 Å². The molecule has 2 aromatic rings. The van der Waals surface area contributed by atoms with Crippen molar-refractivity contribution in [1.82, 2.24) is 4.72 Å². The first kappa shape index (κ1) is 14.1. The molecule has 1 unspecified atom stereocenters. The fourth-order valence-electron chi connectivity index (χ4n) is 2.25. The Morgan fingerprint density at radius 3 is 2.76 bits per heavy atom. The van der Waals surface area contributed by atoms with Gasteiger partial charge in [-0.25, -0.2) is 13.1 Å². The molecular weight excluding hydrogens is 292 g/mol. The van der Waals surface area contributed by atoms with Gasteiger partial charge in [0.15, 0.2) is 0 Å². The maximum absolute atomic E-state index is 12.1. The highest BCUT2D eigenvalue weighted by Crippen LogP contribution is 2.28. The lowest BCUT2D eigenvalue weighted by atomic mass is 10.1. The van der Waals surface area contributed by atoms with Gasteiger partial charge < -0.3 is 14.9 Å². The topological polar surface area (TPSA) is 94.6 Å². The molecule has 21 heavy (non-hydrogen) atoms. The minimum absolute atomic E-state index is 0.126. The van der Waals surface area contributed by atoms with Crippen molar-refractivity contribution in [3.05, 3.63) is 47.7 Å². The Hall–Kier alpha value is -1.83. The first-order valence-corrected chi connectivity index (χ1v) is 8.10. The molecule has 6 nitrogen and oxygen atoms in total. The highest BCUT2D eigenvalue weighted by molar-refractivity contribution is 7.89. The largest absolute Gasteiger partial charge is 0.488 e. The number of para-hydroxylation sites is 1. The van der Waals surface area contributed by atoms with Crippen LogP contribution in [0.15, 0.2) is 45.9 Å². The Morgan fingerprint density at radius 2 is 2.05 bits per heavy atom. The molecule has 0 spiro atoms. The van der Waals surface area contributed by atoms with Crippen LogP contribution in [-0.4, -0.2) is 21.1 Å². The van der Waals surface area contributed by atoms with Crippen molar-refractivity contribution in [3.63, 3.8) is 0 Å². The van der Waals surface area contributed by atoms with Gasteiger partial charge in [-0.05, 0) is 23.8 Å². The Kier molecular flexibility index (Phi) is 3.71. The lowest BCUT2D eigenvalue weighted by Crippen LogP contribution is -2.34. The molecule has 0 amide bonds. The Balaban J connectivity index is 1.63. The lowest BCUT2D eigenvalue weighted by molar-refractivity contribution is 0.235.